The van der Waals surface area contributed by atoms with Crippen LogP contribution in [0.25, 0.3) is 0 Å². The summed E-state index contributed by atoms with van der Waals surface area (Å²) in [5.41, 5.74) is 0. The van der Waals surface area contributed by atoms with E-state index in [-0.39, 0.29) is 0 Å². The van der Waals surface area contributed by atoms with Gasteiger partial charge in [0.05, 0.1) is 19.8 Å². The highest BCUT2D eigenvalue weighted by atomic mass is 16.5. The molecule has 1 saturated heterocycles. The third kappa shape index (κ3) is 4.54. The Balaban J connectivity index is 1.80. The number of ether oxygens (including phenoxy) is 2. The molecule has 0 spiro atoms. The van der Waals surface area contributed by atoms with Gasteiger partial charge >= 0.3 is 0 Å². The minimum atomic E-state index is 0.294. The summed E-state index contributed by atoms with van der Waals surface area (Å²) in [6, 6.07) is 0.475. The second-order valence-corrected chi connectivity index (χ2v) is 6.02. The van der Waals surface area contributed by atoms with Gasteiger partial charge in [-0.25, -0.2) is 0 Å². The Morgan fingerprint density at radius 3 is 2.75 bits per heavy atom. The molecule has 0 radical (unpaired) electrons. The quantitative estimate of drug-likeness (QED) is 0.672. The topological polar surface area (TPSA) is 38.8 Å². The second kappa shape index (κ2) is 8.75. The molecule has 2 rings (SSSR count). The first-order valence-electron chi connectivity index (χ1n) is 8.16. The third-order valence-corrected chi connectivity index (χ3v) is 4.69. The molecule has 0 aromatic heterocycles. The van der Waals surface area contributed by atoms with Crippen LogP contribution in [0.5, 0.6) is 0 Å². The number of ketones is 1. The summed E-state index contributed by atoms with van der Waals surface area (Å²) in [7, 11) is 1.69. The first kappa shape index (κ1) is 15.9. The first-order chi connectivity index (χ1) is 9.83. The van der Waals surface area contributed by atoms with Gasteiger partial charge in [0.15, 0.2) is 0 Å². The highest BCUT2D eigenvalue weighted by Gasteiger charge is 2.34. The molecule has 2 aliphatic rings. The van der Waals surface area contributed by atoms with Gasteiger partial charge in [0, 0.05) is 32.0 Å². The van der Waals surface area contributed by atoms with Crippen LogP contribution in [-0.2, 0) is 14.3 Å². The maximum absolute atomic E-state index is 12.2. The Labute approximate surface area is 122 Å². The molecule has 2 unspecified atom stereocenters. The van der Waals surface area contributed by atoms with Crippen LogP contribution in [-0.4, -0.2) is 56.7 Å². The molecule has 0 N–H and O–H groups in total. The number of carbonyl (C=O) groups excluding carboxylic acids is 1. The van der Waals surface area contributed by atoms with E-state index in [2.05, 4.69) is 4.90 Å². The largest absolute Gasteiger partial charge is 0.382 e. The van der Waals surface area contributed by atoms with Crippen LogP contribution in [0.2, 0.25) is 0 Å². The summed E-state index contributed by atoms with van der Waals surface area (Å²) >= 11 is 0. The third-order valence-electron chi connectivity index (χ3n) is 4.69. The number of hydrogen-bond acceptors (Lipinski definition) is 4. The fraction of sp³-hybridized carbons (Fsp3) is 0.938. The average Bonchev–Trinajstić information content (AvgIpc) is 2.48. The molecule has 4 heteroatoms. The lowest BCUT2D eigenvalue weighted by Gasteiger charge is -2.41. The van der Waals surface area contributed by atoms with Gasteiger partial charge < -0.3 is 9.47 Å². The van der Waals surface area contributed by atoms with Crippen molar-refractivity contribution < 1.29 is 14.3 Å². The predicted molar refractivity (Wildman–Crippen MR) is 78.9 cm³/mol. The van der Waals surface area contributed by atoms with Crippen molar-refractivity contribution in [2.24, 2.45) is 5.92 Å². The summed E-state index contributed by atoms with van der Waals surface area (Å²) in [4.78, 5) is 14.7. The van der Waals surface area contributed by atoms with E-state index in [1.807, 2.05) is 0 Å². The van der Waals surface area contributed by atoms with E-state index in [0.717, 1.165) is 39.0 Å². The molecule has 1 aliphatic heterocycles. The number of Topliss-reactive ketones (excluding diaryl/α,β-unsaturated/α-hetero) is 1. The van der Waals surface area contributed by atoms with Crippen molar-refractivity contribution in [3.63, 3.8) is 0 Å². The Bertz CT molecular complexity index is 295. The highest BCUT2D eigenvalue weighted by Crippen LogP contribution is 2.31. The lowest BCUT2D eigenvalue weighted by Crippen LogP contribution is -2.48. The number of likely N-dealkylation sites (tertiary alicyclic amines) is 1. The number of methoxy groups -OCH3 is 1. The molecule has 116 valence electrons. The molecule has 1 aliphatic carbocycles. The summed E-state index contributed by atoms with van der Waals surface area (Å²) in [6.07, 6.45) is 7.95. The molecule has 2 fully saturated rings. The number of piperidine rings is 1. The Morgan fingerprint density at radius 2 is 1.95 bits per heavy atom. The lowest BCUT2D eigenvalue weighted by molar-refractivity contribution is -0.128. The van der Waals surface area contributed by atoms with Crippen molar-refractivity contribution in [2.45, 2.75) is 51.0 Å². The molecule has 0 bridgehead atoms. The summed E-state index contributed by atoms with van der Waals surface area (Å²) in [5, 5.41) is 0. The second-order valence-electron chi connectivity index (χ2n) is 6.02. The number of carbonyl (C=O) groups is 1. The molecule has 0 aromatic rings. The van der Waals surface area contributed by atoms with Crippen LogP contribution in [0.4, 0.5) is 0 Å². The van der Waals surface area contributed by atoms with Gasteiger partial charge in [-0.1, -0.05) is 12.8 Å². The maximum Gasteiger partial charge on any atom is 0.137 e. The fourth-order valence-corrected chi connectivity index (χ4v) is 3.59. The van der Waals surface area contributed by atoms with E-state index >= 15 is 0 Å². The monoisotopic (exact) mass is 283 g/mol. The Morgan fingerprint density at radius 1 is 1.10 bits per heavy atom. The molecule has 1 heterocycles. The average molecular weight is 283 g/mol. The van der Waals surface area contributed by atoms with Crippen LogP contribution in [0.3, 0.4) is 0 Å². The molecular formula is C16H29NO3. The van der Waals surface area contributed by atoms with Gasteiger partial charge in [-0.05, 0) is 32.2 Å². The summed E-state index contributed by atoms with van der Waals surface area (Å²) in [5.74, 6) is 0.802. The summed E-state index contributed by atoms with van der Waals surface area (Å²) < 4.78 is 10.6. The molecule has 0 aromatic carbocycles. The predicted octanol–water partition coefficient (Wildman–Crippen LogP) is 2.26. The van der Waals surface area contributed by atoms with Crippen LogP contribution in [0, 0.1) is 5.92 Å². The van der Waals surface area contributed by atoms with Crippen molar-refractivity contribution in [1.82, 2.24) is 4.90 Å². The van der Waals surface area contributed by atoms with E-state index in [1.54, 1.807) is 7.11 Å². The van der Waals surface area contributed by atoms with Crippen molar-refractivity contribution in [2.75, 3.05) is 40.0 Å². The zero-order valence-electron chi connectivity index (χ0n) is 12.8. The molecule has 20 heavy (non-hydrogen) atoms. The van der Waals surface area contributed by atoms with Crippen molar-refractivity contribution in [3.05, 3.63) is 0 Å². The van der Waals surface area contributed by atoms with Crippen molar-refractivity contribution in [3.8, 4) is 0 Å². The zero-order chi connectivity index (χ0) is 14.2. The van der Waals surface area contributed by atoms with E-state index in [1.165, 1.54) is 25.7 Å². The Kier molecular flexibility index (Phi) is 6.97. The van der Waals surface area contributed by atoms with E-state index < -0.39 is 0 Å². The summed E-state index contributed by atoms with van der Waals surface area (Å²) in [6.45, 7) is 4.16. The lowest BCUT2D eigenvalue weighted by atomic mass is 9.79. The van der Waals surface area contributed by atoms with E-state index in [9.17, 15) is 4.79 Å². The van der Waals surface area contributed by atoms with Gasteiger partial charge in [0.2, 0.25) is 0 Å². The minimum absolute atomic E-state index is 0.294. The van der Waals surface area contributed by atoms with Crippen LogP contribution in [0.15, 0.2) is 0 Å². The zero-order valence-corrected chi connectivity index (χ0v) is 12.8. The first-order valence-corrected chi connectivity index (χ1v) is 8.16. The molecule has 0 amide bonds. The van der Waals surface area contributed by atoms with Gasteiger partial charge in [-0.2, -0.15) is 0 Å². The number of rotatable bonds is 7. The normalized spacial score (nSPS) is 28.8. The van der Waals surface area contributed by atoms with E-state index in [4.69, 9.17) is 9.47 Å². The van der Waals surface area contributed by atoms with Gasteiger partial charge in [-0.3, -0.25) is 9.69 Å². The van der Waals surface area contributed by atoms with Crippen molar-refractivity contribution in [1.29, 1.82) is 0 Å². The van der Waals surface area contributed by atoms with Gasteiger partial charge in [0.25, 0.3) is 0 Å². The van der Waals surface area contributed by atoms with Crippen LogP contribution >= 0.6 is 0 Å². The van der Waals surface area contributed by atoms with Gasteiger partial charge in [0.1, 0.15) is 5.78 Å². The number of nitrogens with zero attached hydrogens (tertiary/aromatic N) is 1. The Hall–Kier alpha value is -0.450. The minimum Gasteiger partial charge on any atom is -0.382 e. The standard InChI is InChI=1S/C16H29NO3/c1-19-12-13-20-11-10-17-9-5-4-7-15(17)14-6-2-3-8-16(14)18/h14-15H,2-13H2,1H3. The van der Waals surface area contributed by atoms with Crippen LogP contribution in [0.1, 0.15) is 44.9 Å². The number of hydrogen-bond donors (Lipinski definition) is 0. The molecule has 1 saturated carbocycles. The maximum atomic E-state index is 12.2. The van der Waals surface area contributed by atoms with Crippen molar-refractivity contribution >= 4 is 5.78 Å². The van der Waals surface area contributed by atoms with Gasteiger partial charge in [-0.15, -0.1) is 0 Å². The molecular weight excluding hydrogens is 254 g/mol. The van der Waals surface area contributed by atoms with E-state index in [0.29, 0.717) is 31.0 Å². The fourth-order valence-electron chi connectivity index (χ4n) is 3.59. The highest BCUT2D eigenvalue weighted by molar-refractivity contribution is 5.82. The molecule has 2 atom stereocenters. The smallest absolute Gasteiger partial charge is 0.137 e. The molecule has 4 nitrogen and oxygen atoms in total. The SMILES string of the molecule is COCCOCCN1CCCCC1C1CCCCC1=O. The van der Waals surface area contributed by atoms with Crippen LogP contribution < -0.4 is 0 Å².